The monoisotopic (exact) mass is 247 g/mol. The highest BCUT2D eigenvalue weighted by molar-refractivity contribution is 5.17. The molecule has 0 aliphatic heterocycles. The topological polar surface area (TPSA) is 42.2 Å². The molecular formula is C15H25N3. The number of aromatic nitrogens is 1. The fourth-order valence-electron chi connectivity index (χ4n) is 2.64. The first kappa shape index (κ1) is 13.5. The maximum Gasteiger partial charge on any atom is 0.0514 e. The Morgan fingerprint density at radius 2 is 2.28 bits per heavy atom. The summed E-state index contributed by atoms with van der Waals surface area (Å²) in [6.45, 7) is 5.51. The first-order valence-corrected chi connectivity index (χ1v) is 7.15. The van der Waals surface area contributed by atoms with Crippen molar-refractivity contribution in [1.29, 1.82) is 0 Å². The van der Waals surface area contributed by atoms with Gasteiger partial charge in [0, 0.05) is 24.5 Å². The van der Waals surface area contributed by atoms with Crippen LogP contribution >= 0.6 is 0 Å². The van der Waals surface area contributed by atoms with Crippen LogP contribution in [0.15, 0.2) is 24.5 Å². The first-order chi connectivity index (χ1) is 8.74. The summed E-state index contributed by atoms with van der Waals surface area (Å²) in [5, 5.41) is 0. The predicted octanol–water partition coefficient (Wildman–Crippen LogP) is 2.73. The van der Waals surface area contributed by atoms with Gasteiger partial charge < -0.3 is 5.73 Å². The molecule has 2 atom stereocenters. The molecule has 18 heavy (non-hydrogen) atoms. The Bertz CT molecular complexity index is 346. The molecule has 0 bridgehead atoms. The molecule has 100 valence electrons. The van der Waals surface area contributed by atoms with Crippen LogP contribution in [0, 0.1) is 0 Å². The minimum Gasteiger partial charge on any atom is -0.326 e. The molecule has 2 N–H and O–H groups in total. The normalized spacial score (nSPS) is 18.9. The number of unbranched alkanes of at least 4 members (excludes halogenated alkanes) is 1. The van der Waals surface area contributed by atoms with Gasteiger partial charge in [-0.3, -0.25) is 9.88 Å². The Labute approximate surface area is 110 Å². The van der Waals surface area contributed by atoms with E-state index >= 15 is 0 Å². The lowest BCUT2D eigenvalue weighted by Crippen LogP contribution is -2.41. The van der Waals surface area contributed by atoms with E-state index in [4.69, 9.17) is 5.73 Å². The third kappa shape index (κ3) is 3.30. The van der Waals surface area contributed by atoms with Crippen molar-refractivity contribution < 1.29 is 0 Å². The number of pyridine rings is 1. The fraction of sp³-hybridized carbons (Fsp3) is 0.667. The summed E-state index contributed by atoms with van der Waals surface area (Å²) in [6.07, 6.45) is 8.94. The fourth-order valence-corrected chi connectivity index (χ4v) is 2.64. The Kier molecular flexibility index (Phi) is 4.72. The van der Waals surface area contributed by atoms with Crippen molar-refractivity contribution in [2.75, 3.05) is 6.54 Å². The SMILES string of the molecule is CCCCN(C1CC1)C(c1cccnc1)C(C)N. The van der Waals surface area contributed by atoms with Crippen LogP contribution < -0.4 is 5.73 Å². The summed E-state index contributed by atoms with van der Waals surface area (Å²) in [4.78, 5) is 6.85. The van der Waals surface area contributed by atoms with Crippen LogP contribution in [0.4, 0.5) is 0 Å². The van der Waals surface area contributed by atoms with Crippen LogP contribution in [0.1, 0.15) is 51.1 Å². The van der Waals surface area contributed by atoms with E-state index in [1.165, 1.54) is 31.2 Å². The van der Waals surface area contributed by atoms with Gasteiger partial charge in [0.2, 0.25) is 0 Å². The molecule has 1 aromatic rings. The van der Waals surface area contributed by atoms with Crippen LogP contribution in [0.5, 0.6) is 0 Å². The van der Waals surface area contributed by atoms with Gasteiger partial charge in [0.25, 0.3) is 0 Å². The average Bonchev–Trinajstić information content (AvgIpc) is 3.19. The number of nitrogens with zero attached hydrogens (tertiary/aromatic N) is 2. The number of hydrogen-bond acceptors (Lipinski definition) is 3. The molecule has 1 aromatic heterocycles. The Balaban J connectivity index is 2.16. The highest BCUT2D eigenvalue weighted by atomic mass is 15.2. The van der Waals surface area contributed by atoms with E-state index in [0.29, 0.717) is 6.04 Å². The largest absolute Gasteiger partial charge is 0.326 e. The summed E-state index contributed by atoms with van der Waals surface area (Å²) >= 11 is 0. The van der Waals surface area contributed by atoms with E-state index < -0.39 is 0 Å². The second-order valence-electron chi connectivity index (χ2n) is 5.41. The van der Waals surface area contributed by atoms with Gasteiger partial charge in [-0.15, -0.1) is 0 Å². The molecule has 1 heterocycles. The van der Waals surface area contributed by atoms with Gasteiger partial charge in [0.15, 0.2) is 0 Å². The third-order valence-corrected chi connectivity index (χ3v) is 3.67. The van der Waals surface area contributed by atoms with Gasteiger partial charge in [-0.1, -0.05) is 19.4 Å². The summed E-state index contributed by atoms with van der Waals surface area (Å²) in [6, 6.07) is 5.37. The van der Waals surface area contributed by atoms with Crippen LogP contribution in [0.3, 0.4) is 0 Å². The predicted molar refractivity (Wildman–Crippen MR) is 75.3 cm³/mol. The van der Waals surface area contributed by atoms with Crippen LogP contribution in [0.2, 0.25) is 0 Å². The maximum absolute atomic E-state index is 6.24. The molecule has 1 saturated carbocycles. The summed E-state index contributed by atoms with van der Waals surface area (Å²) in [5.41, 5.74) is 7.50. The summed E-state index contributed by atoms with van der Waals surface area (Å²) < 4.78 is 0. The smallest absolute Gasteiger partial charge is 0.0514 e. The molecule has 0 radical (unpaired) electrons. The number of hydrogen-bond donors (Lipinski definition) is 1. The van der Waals surface area contributed by atoms with Gasteiger partial charge in [-0.05, 0) is 44.4 Å². The van der Waals surface area contributed by atoms with E-state index in [2.05, 4.69) is 29.8 Å². The van der Waals surface area contributed by atoms with E-state index in [-0.39, 0.29) is 6.04 Å². The Morgan fingerprint density at radius 1 is 1.50 bits per heavy atom. The minimum atomic E-state index is 0.145. The molecule has 0 saturated heterocycles. The molecule has 3 nitrogen and oxygen atoms in total. The Morgan fingerprint density at radius 3 is 2.78 bits per heavy atom. The van der Waals surface area contributed by atoms with Gasteiger partial charge >= 0.3 is 0 Å². The maximum atomic E-state index is 6.24. The lowest BCUT2D eigenvalue weighted by Gasteiger charge is -2.34. The molecule has 1 fully saturated rings. The summed E-state index contributed by atoms with van der Waals surface area (Å²) in [7, 11) is 0. The molecule has 3 heteroatoms. The van der Waals surface area contributed by atoms with Crippen LogP contribution in [-0.2, 0) is 0 Å². The van der Waals surface area contributed by atoms with Crippen molar-refractivity contribution in [3.8, 4) is 0 Å². The second kappa shape index (κ2) is 6.30. The third-order valence-electron chi connectivity index (χ3n) is 3.67. The highest BCUT2D eigenvalue weighted by Crippen LogP contribution is 2.35. The Hall–Kier alpha value is -0.930. The van der Waals surface area contributed by atoms with E-state index in [1.54, 1.807) is 0 Å². The lowest BCUT2D eigenvalue weighted by atomic mass is 10.00. The van der Waals surface area contributed by atoms with E-state index in [9.17, 15) is 0 Å². The molecule has 1 aliphatic carbocycles. The molecule has 0 amide bonds. The molecule has 0 aromatic carbocycles. The van der Waals surface area contributed by atoms with Crippen LogP contribution in [0.25, 0.3) is 0 Å². The molecule has 2 rings (SSSR count). The quantitative estimate of drug-likeness (QED) is 0.805. The molecular weight excluding hydrogens is 222 g/mol. The van der Waals surface area contributed by atoms with Gasteiger partial charge in [-0.25, -0.2) is 0 Å². The highest BCUT2D eigenvalue weighted by Gasteiger charge is 2.35. The molecule has 2 unspecified atom stereocenters. The van der Waals surface area contributed by atoms with Crippen molar-refractivity contribution in [3.63, 3.8) is 0 Å². The van der Waals surface area contributed by atoms with Crippen molar-refractivity contribution in [2.45, 2.75) is 57.7 Å². The van der Waals surface area contributed by atoms with E-state index in [1.807, 2.05) is 18.5 Å². The zero-order chi connectivity index (χ0) is 13.0. The van der Waals surface area contributed by atoms with Gasteiger partial charge in [0.1, 0.15) is 0 Å². The summed E-state index contributed by atoms with van der Waals surface area (Å²) in [5.74, 6) is 0. The average molecular weight is 247 g/mol. The van der Waals surface area contributed by atoms with Crippen molar-refractivity contribution in [2.24, 2.45) is 5.73 Å². The first-order valence-electron chi connectivity index (χ1n) is 7.15. The second-order valence-corrected chi connectivity index (χ2v) is 5.41. The van der Waals surface area contributed by atoms with Crippen LogP contribution in [-0.4, -0.2) is 28.5 Å². The molecule has 0 spiro atoms. The number of rotatable bonds is 7. The van der Waals surface area contributed by atoms with E-state index in [0.717, 1.165) is 12.6 Å². The minimum absolute atomic E-state index is 0.145. The standard InChI is InChI=1S/C15H25N3/c1-3-4-10-18(14-7-8-14)15(12(2)16)13-6-5-9-17-11-13/h5-6,9,11-12,14-15H,3-4,7-8,10,16H2,1-2H3. The van der Waals surface area contributed by atoms with Crippen molar-refractivity contribution in [1.82, 2.24) is 9.88 Å². The zero-order valence-corrected chi connectivity index (χ0v) is 11.5. The molecule has 1 aliphatic rings. The van der Waals surface area contributed by atoms with Crippen molar-refractivity contribution >= 4 is 0 Å². The van der Waals surface area contributed by atoms with Gasteiger partial charge in [-0.2, -0.15) is 0 Å². The lowest BCUT2D eigenvalue weighted by molar-refractivity contribution is 0.163. The van der Waals surface area contributed by atoms with Crippen molar-refractivity contribution in [3.05, 3.63) is 30.1 Å². The zero-order valence-electron chi connectivity index (χ0n) is 11.5. The van der Waals surface area contributed by atoms with Gasteiger partial charge in [0.05, 0.1) is 6.04 Å². The number of nitrogens with two attached hydrogens (primary N) is 1.